The second-order valence-electron chi connectivity index (χ2n) is 4.93. The third-order valence-corrected chi connectivity index (χ3v) is 2.98. The molecule has 0 aromatic carbocycles. The third kappa shape index (κ3) is 10.6. The van der Waals surface area contributed by atoms with Gasteiger partial charge in [-0.2, -0.15) is 0 Å². The van der Waals surface area contributed by atoms with Gasteiger partial charge in [0.05, 0.1) is 0 Å². The molecule has 0 aliphatic heterocycles. The van der Waals surface area contributed by atoms with Crippen LogP contribution in [0.15, 0.2) is 23.3 Å². The number of aliphatic hydroxyl groups is 1. The van der Waals surface area contributed by atoms with Gasteiger partial charge in [-0.05, 0) is 46.1 Å². The van der Waals surface area contributed by atoms with Crippen LogP contribution in [-0.2, 0) is 9.59 Å². The first-order valence-electron chi connectivity index (χ1n) is 6.85. The van der Waals surface area contributed by atoms with Crippen LogP contribution in [0.2, 0.25) is 0 Å². The monoisotopic (exact) mass is 366 g/mol. The number of ketones is 1. The van der Waals surface area contributed by atoms with E-state index >= 15 is 0 Å². The van der Waals surface area contributed by atoms with Crippen LogP contribution in [0, 0.1) is 0 Å². The zero-order valence-corrected chi connectivity index (χ0v) is 15.9. The molecule has 4 nitrogen and oxygen atoms in total. The molecule has 0 fully saturated rings. The van der Waals surface area contributed by atoms with E-state index in [1.54, 1.807) is 0 Å². The van der Waals surface area contributed by atoms with Crippen LogP contribution in [0.1, 0.15) is 60.8 Å². The minimum atomic E-state index is -1.23. The van der Waals surface area contributed by atoms with E-state index in [-0.39, 0.29) is 5.78 Å². The Hall–Kier alpha value is -0.741. The molecule has 2 N–H and O–H groups in total. The average molecular weight is 365 g/mol. The van der Waals surface area contributed by atoms with Gasteiger partial charge in [0, 0.05) is 6.42 Å². The average Bonchev–Trinajstić information content (AvgIpc) is 2.41. The standard InChI is InChI=1S/C11H20O2.C5H8O.H2OSe/c1-6-10(8(3)4)11(13,7-2)9(5)12;1-5(2)3-4-6;1-2/h13H,6-7H2,1-5H3;4H,1,3H2,2H3;1-2H. The van der Waals surface area contributed by atoms with Gasteiger partial charge >= 0.3 is 20.5 Å². The van der Waals surface area contributed by atoms with Gasteiger partial charge in [0.1, 0.15) is 11.9 Å². The zero-order chi connectivity index (χ0) is 17.6. The first-order chi connectivity index (χ1) is 9.67. The zero-order valence-electron chi connectivity index (χ0n) is 14.1. The minimum absolute atomic E-state index is 0.159. The second kappa shape index (κ2) is 14.2. The van der Waals surface area contributed by atoms with Crippen molar-refractivity contribution < 1.29 is 18.9 Å². The van der Waals surface area contributed by atoms with E-state index in [1.165, 1.54) is 23.3 Å². The Labute approximate surface area is 137 Å². The predicted octanol–water partition coefficient (Wildman–Crippen LogP) is 2.41. The van der Waals surface area contributed by atoms with Gasteiger partial charge in [-0.15, -0.1) is 0 Å². The molecule has 1 unspecified atom stereocenters. The van der Waals surface area contributed by atoms with Crippen molar-refractivity contribution in [3.63, 3.8) is 0 Å². The van der Waals surface area contributed by atoms with Crippen molar-refractivity contribution in [3.8, 4) is 0 Å². The van der Waals surface area contributed by atoms with Crippen molar-refractivity contribution in [1.82, 2.24) is 0 Å². The quantitative estimate of drug-likeness (QED) is 0.431. The van der Waals surface area contributed by atoms with Crippen LogP contribution in [0.25, 0.3) is 0 Å². The summed E-state index contributed by atoms with van der Waals surface area (Å²) < 4.78 is 6.94. The summed E-state index contributed by atoms with van der Waals surface area (Å²) in [4.78, 5) is 20.9. The Balaban J connectivity index is -0.000000339. The van der Waals surface area contributed by atoms with Crippen LogP contribution in [0.3, 0.4) is 0 Å². The van der Waals surface area contributed by atoms with E-state index < -0.39 is 5.60 Å². The Bertz CT molecular complexity index is 357. The molecule has 1 atom stereocenters. The number of allylic oxidation sites excluding steroid dienone is 2. The second-order valence-corrected chi connectivity index (χ2v) is 4.93. The molecule has 5 heteroatoms. The summed E-state index contributed by atoms with van der Waals surface area (Å²) >= 11 is 1.31. The summed E-state index contributed by atoms with van der Waals surface area (Å²) in [7, 11) is 0. The predicted molar refractivity (Wildman–Crippen MR) is 89.4 cm³/mol. The number of carbonyl (C=O) groups is 2. The molecule has 21 heavy (non-hydrogen) atoms. The number of Topliss-reactive ketones (excluding diaryl/α,β-unsaturated/α-hetero) is 1. The maximum absolute atomic E-state index is 11.3. The molecule has 0 aromatic rings. The number of rotatable bonds is 6. The van der Waals surface area contributed by atoms with E-state index in [0.717, 1.165) is 29.4 Å². The molecule has 0 aromatic heterocycles. The normalized spacial score (nSPS) is 11.7. The summed E-state index contributed by atoms with van der Waals surface area (Å²) in [5.41, 5.74) is 1.60. The topological polar surface area (TPSA) is 74.6 Å². The van der Waals surface area contributed by atoms with Crippen LogP contribution >= 0.6 is 0 Å². The third-order valence-electron chi connectivity index (χ3n) is 2.98. The van der Waals surface area contributed by atoms with Crippen molar-refractivity contribution in [2.24, 2.45) is 0 Å². The van der Waals surface area contributed by atoms with Gasteiger partial charge in [-0.1, -0.05) is 31.6 Å². The SMILES string of the molecule is C=C(C)CC=O.CCC(=C(C)C)C(O)(CC)C(C)=O.O[SeH]. The molecule has 0 amide bonds. The summed E-state index contributed by atoms with van der Waals surface area (Å²) in [5.74, 6) is -0.159. The first kappa shape index (κ1) is 25.2. The van der Waals surface area contributed by atoms with E-state index in [9.17, 15) is 14.7 Å². The molecule has 0 rings (SSSR count). The number of aldehydes is 1. The Morgan fingerprint density at radius 2 is 1.62 bits per heavy atom. The van der Waals surface area contributed by atoms with Gasteiger partial charge in [0.2, 0.25) is 0 Å². The fourth-order valence-electron chi connectivity index (χ4n) is 1.88. The molecule has 0 heterocycles. The van der Waals surface area contributed by atoms with Crippen molar-refractivity contribution in [2.75, 3.05) is 0 Å². The summed E-state index contributed by atoms with van der Waals surface area (Å²) in [6.07, 6.45) is 2.53. The van der Waals surface area contributed by atoms with Crippen LogP contribution in [0.4, 0.5) is 0 Å². The van der Waals surface area contributed by atoms with Gasteiger partial charge in [-0.25, -0.2) is 0 Å². The van der Waals surface area contributed by atoms with E-state index in [4.69, 9.17) is 4.19 Å². The van der Waals surface area contributed by atoms with Gasteiger partial charge in [0.15, 0.2) is 5.78 Å². The van der Waals surface area contributed by atoms with Gasteiger partial charge in [0.25, 0.3) is 0 Å². The van der Waals surface area contributed by atoms with E-state index in [1.807, 2.05) is 34.6 Å². The molecule has 0 radical (unpaired) electrons. The molecular weight excluding hydrogens is 335 g/mol. The van der Waals surface area contributed by atoms with E-state index in [2.05, 4.69) is 6.58 Å². The molecule has 124 valence electrons. The van der Waals surface area contributed by atoms with Crippen molar-refractivity contribution >= 4 is 28.4 Å². The summed E-state index contributed by atoms with van der Waals surface area (Å²) in [5, 5.41) is 10.1. The van der Waals surface area contributed by atoms with Crippen molar-refractivity contribution in [1.29, 1.82) is 0 Å². The summed E-state index contributed by atoms with van der Waals surface area (Å²) in [6, 6.07) is 0. The van der Waals surface area contributed by atoms with Crippen LogP contribution < -0.4 is 0 Å². The molecule has 0 saturated heterocycles. The van der Waals surface area contributed by atoms with Crippen LogP contribution in [-0.4, -0.2) is 43.3 Å². The van der Waals surface area contributed by atoms with Crippen molar-refractivity contribution in [2.45, 2.75) is 66.4 Å². The van der Waals surface area contributed by atoms with E-state index in [0.29, 0.717) is 12.8 Å². The Morgan fingerprint density at radius 1 is 1.19 bits per heavy atom. The fourth-order valence-corrected chi connectivity index (χ4v) is 1.88. The number of hydrogen-bond acceptors (Lipinski definition) is 4. The maximum atomic E-state index is 11.3. The number of hydrogen-bond donors (Lipinski definition) is 2. The van der Waals surface area contributed by atoms with Crippen LogP contribution in [0.5, 0.6) is 0 Å². The molecular formula is C16H30O4Se. The number of carbonyl (C=O) groups excluding carboxylic acids is 2. The van der Waals surface area contributed by atoms with Gasteiger partial charge < -0.3 is 9.90 Å². The van der Waals surface area contributed by atoms with Crippen molar-refractivity contribution in [3.05, 3.63) is 23.3 Å². The molecule has 0 spiro atoms. The Morgan fingerprint density at radius 3 is 1.67 bits per heavy atom. The van der Waals surface area contributed by atoms with Gasteiger partial charge in [-0.3, -0.25) is 4.79 Å². The Kier molecular flexibility index (Phi) is 17.1. The molecule has 0 saturated carbocycles. The molecule has 0 aliphatic carbocycles. The summed E-state index contributed by atoms with van der Waals surface area (Å²) in [6.45, 7) is 14.5. The molecule has 0 bridgehead atoms. The fraction of sp³-hybridized carbons (Fsp3) is 0.625. The molecule has 0 aliphatic rings. The first-order valence-corrected chi connectivity index (χ1v) is 7.69.